The lowest BCUT2D eigenvalue weighted by Gasteiger charge is -2.22. The Balaban J connectivity index is 2.14. The SMILES string of the molecule is CCN(C(=O)CCc1c(C)nn(C)c1C)c1cc(C)cc(C)c1. The van der Waals surface area contributed by atoms with Crippen LogP contribution >= 0.6 is 0 Å². The lowest BCUT2D eigenvalue weighted by Crippen LogP contribution is -2.31. The van der Waals surface area contributed by atoms with Gasteiger partial charge in [-0.05, 0) is 69.9 Å². The largest absolute Gasteiger partial charge is 0.313 e. The minimum Gasteiger partial charge on any atom is -0.313 e. The van der Waals surface area contributed by atoms with Crippen molar-refractivity contribution in [3.63, 3.8) is 0 Å². The van der Waals surface area contributed by atoms with E-state index < -0.39 is 0 Å². The molecule has 4 heteroatoms. The van der Waals surface area contributed by atoms with Gasteiger partial charge in [0.1, 0.15) is 0 Å². The zero-order chi connectivity index (χ0) is 17.1. The summed E-state index contributed by atoms with van der Waals surface area (Å²) in [7, 11) is 1.95. The second-order valence-corrected chi connectivity index (χ2v) is 6.26. The normalized spacial score (nSPS) is 10.9. The van der Waals surface area contributed by atoms with Crippen LogP contribution in [-0.2, 0) is 18.3 Å². The summed E-state index contributed by atoms with van der Waals surface area (Å²) in [6.07, 6.45) is 1.25. The number of carbonyl (C=O) groups is 1. The van der Waals surface area contributed by atoms with Crippen LogP contribution in [-0.4, -0.2) is 22.2 Å². The Morgan fingerprint density at radius 2 is 1.74 bits per heavy atom. The summed E-state index contributed by atoms with van der Waals surface area (Å²) in [4.78, 5) is 14.6. The molecule has 0 aliphatic rings. The average molecular weight is 313 g/mol. The molecule has 4 nitrogen and oxygen atoms in total. The van der Waals surface area contributed by atoms with Gasteiger partial charge in [-0.3, -0.25) is 9.48 Å². The number of amides is 1. The first kappa shape index (κ1) is 17.3. The van der Waals surface area contributed by atoms with Crippen LogP contribution in [0.3, 0.4) is 0 Å². The van der Waals surface area contributed by atoms with Gasteiger partial charge >= 0.3 is 0 Å². The summed E-state index contributed by atoms with van der Waals surface area (Å²) in [6.45, 7) is 10.9. The van der Waals surface area contributed by atoms with Crippen LogP contribution in [0.1, 0.15) is 41.4 Å². The van der Waals surface area contributed by atoms with E-state index in [1.807, 2.05) is 30.5 Å². The summed E-state index contributed by atoms with van der Waals surface area (Å²) in [5.74, 6) is 0.167. The van der Waals surface area contributed by atoms with Crippen molar-refractivity contribution < 1.29 is 4.79 Å². The molecular formula is C19H27N3O. The van der Waals surface area contributed by atoms with E-state index in [0.717, 1.165) is 23.5 Å². The molecule has 0 unspecified atom stereocenters. The van der Waals surface area contributed by atoms with E-state index in [1.165, 1.54) is 16.7 Å². The maximum Gasteiger partial charge on any atom is 0.227 e. The predicted molar refractivity (Wildman–Crippen MR) is 94.9 cm³/mol. The highest BCUT2D eigenvalue weighted by Gasteiger charge is 2.17. The topological polar surface area (TPSA) is 38.1 Å². The molecule has 0 saturated heterocycles. The van der Waals surface area contributed by atoms with E-state index in [4.69, 9.17) is 0 Å². The van der Waals surface area contributed by atoms with E-state index in [-0.39, 0.29) is 5.91 Å². The van der Waals surface area contributed by atoms with Gasteiger partial charge in [0.2, 0.25) is 5.91 Å². The van der Waals surface area contributed by atoms with E-state index in [0.29, 0.717) is 13.0 Å². The van der Waals surface area contributed by atoms with Gasteiger partial charge in [-0.1, -0.05) is 6.07 Å². The minimum atomic E-state index is 0.167. The van der Waals surface area contributed by atoms with Crippen molar-refractivity contribution in [3.05, 3.63) is 46.3 Å². The number of carbonyl (C=O) groups excluding carboxylic acids is 1. The second kappa shape index (κ2) is 6.99. The van der Waals surface area contributed by atoms with Crippen LogP contribution in [0.4, 0.5) is 5.69 Å². The van der Waals surface area contributed by atoms with Gasteiger partial charge in [-0.2, -0.15) is 5.10 Å². The van der Waals surface area contributed by atoms with Gasteiger partial charge in [-0.15, -0.1) is 0 Å². The molecule has 1 aromatic carbocycles. The van der Waals surface area contributed by atoms with Gasteiger partial charge < -0.3 is 4.90 Å². The fourth-order valence-electron chi connectivity index (χ4n) is 3.16. The molecule has 2 aromatic rings. The average Bonchev–Trinajstić information content (AvgIpc) is 2.70. The van der Waals surface area contributed by atoms with Gasteiger partial charge in [-0.25, -0.2) is 0 Å². The standard InChI is InChI=1S/C19H27N3O/c1-7-22(17-11-13(2)10-14(3)12-17)19(23)9-8-18-15(4)20-21(6)16(18)5/h10-12H,7-9H2,1-6H3. The van der Waals surface area contributed by atoms with Gasteiger partial charge in [0.05, 0.1) is 5.69 Å². The third-order valence-corrected chi connectivity index (χ3v) is 4.38. The number of hydrogen-bond acceptors (Lipinski definition) is 2. The fourth-order valence-corrected chi connectivity index (χ4v) is 3.16. The minimum absolute atomic E-state index is 0.167. The summed E-state index contributed by atoms with van der Waals surface area (Å²) < 4.78 is 1.89. The highest BCUT2D eigenvalue weighted by atomic mass is 16.2. The molecule has 0 bridgehead atoms. The lowest BCUT2D eigenvalue weighted by atomic mass is 10.1. The van der Waals surface area contributed by atoms with Crippen molar-refractivity contribution in [2.75, 3.05) is 11.4 Å². The summed E-state index contributed by atoms with van der Waals surface area (Å²) in [6, 6.07) is 6.29. The van der Waals surface area contributed by atoms with Crippen LogP contribution in [0.25, 0.3) is 0 Å². The lowest BCUT2D eigenvalue weighted by molar-refractivity contribution is -0.118. The molecule has 1 heterocycles. The van der Waals surface area contributed by atoms with Crippen molar-refractivity contribution in [1.29, 1.82) is 0 Å². The molecular weight excluding hydrogens is 286 g/mol. The quantitative estimate of drug-likeness (QED) is 0.845. The number of aryl methyl sites for hydroxylation is 4. The van der Waals surface area contributed by atoms with E-state index in [9.17, 15) is 4.79 Å². The molecule has 0 fully saturated rings. The van der Waals surface area contributed by atoms with E-state index in [2.05, 4.69) is 44.1 Å². The molecule has 0 N–H and O–H groups in total. The first-order valence-electron chi connectivity index (χ1n) is 8.21. The Morgan fingerprint density at radius 3 is 2.22 bits per heavy atom. The van der Waals surface area contributed by atoms with Crippen LogP contribution in [0.2, 0.25) is 0 Å². The van der Waals surface area contributed by atoms with Gasteiger partial charge in [0, 0.05) is 31.4 Å². The van der Waals surface area contributed by atoms with Crippen molar-refractivity contribution in [2.45, 2.75) is 47.5 Å². The fraction of sp³-hybridized carbons (Fsp3) is 0.474. The Labute approximate surface area is 139 Å². The van der Waals surface area contributed by atoms with Crippen LogP contribution in [0, 0.1) is 27.7 Å². The number of anilines is 1. The zero-order valence-corrected chi connectivity index (χ0v) is 15.1. The number of benzene rings is 1. The Kier molecular flexibility index (Phi) is 5.24. The molecule has 1 amide bonds. The Hall–Kier alpha value is -2.10. The number of nitrogens with zero attached hydrogens (tertiary/aromatic N) is 3. The van der Waals surface area contributed by atoms with Crippen LogP contribution in [0.15, 0.2) is 18.2 Å². The summed E-state index contributed by atoms with van der Waals surface area (Å²) in [5.41, 5.74) is 6.72. The second-order valence-electron chi connectivity index (χ2n) is 6.26. The smallest absolute Gasteiger partial charge is 0.227 e. The molecule has 0 saturated carbocycles. The van der Waals surface area contributed by atoms with Gasteiger partial charge in [0.15, 0.2) is 0 Å². The molecule has 0 radical (unpaired) electrons. The van der Waals surface area contributed by atoms with Crippen molar-refractivity contribution in [1.82, 2.24) is 9.78 Å². The molecule has 23 heavy (non-hydrogen) atoms. The monoisotopic (exact) mass is 313 g/mol. The number of rotatable bonds is 5. The van der Waals surface area contributed by atoms with Crippen LogP contribution in [0.5, 0.6) is 0 Å². The summed E-state index contributed by atoms with van der Waals surface area (Å²) in [5, 5.41) is 4.43. The molecule has 124 valence electrons. The van der Waals surface area contributed by atoms with Gasteiger partial charge in [0.25, 0.3) is 0 Å². The highest BCUT2D eigenvalue weighted by molar-refractivity contribution is 5.93. The predicted octanol–water partition coefficient (Wildman–Crippen LogP) is 3.64. The number of aromatic nitrogens is 2. The third-order valence-electron chi connectivity index (χ3n) is 4.38. The maximum atomic E-state index is 12.7. The maximum absolute atomic E-state index is 12.7. The van der Waals surface area contributed by atoms with E-state index in [1.54, 1.807) is 0 Å². The third kappa shape index (κ3) is 3.81. The summed E-state index contributed by atoms with van der Waals surface area (Å²) >= 11 is 0. The zero-order valence-electron chi connectivity index (χ0n) is 15.1. The first-order valence-corrected chi connectivity index (χ1v) is 8.21. The molecule has 0 aliphatic carbocycles. The molecule has 0 atom stereocenters. The molecule has 1 aromatic heterocycles. The number of hydrogen-bond donors (Lipinski definition) is 0. The molecule has 0 aliphatic heterocycles. The Bertz CT molecular complexity index is 695. The van der Waals surface area contributed by atoms with Crippen molar-refractivity contribution in [3.8, 4) is 0 Å². The molecule has 0 spiro atoms. The van der Waals surface area contributed by atoms with E-state index >= 15 is 0 Å². The molecule has 2 rings (SSSR count). The highest BCUT2D eigenvalue weighted by Crippen LogP contribution is 2.21. The Morgan fingerprint density at radius 1 is 1.13 bits per heavy atom. The van der Waals surface area contributed by atoms with Crippen molar-refractivity contribution in [2.24, 2.45) is 7.05 Å². The first-order chi connectivity index (χ1) is 10.8. The van der Waals surface area contributed by atoms with Crippen molar-refractivity contribution >= 4 is 11.6 Å². The van der Waals surface area contributed by atoms with Crippen LogP contribution < -0.4 is 4.90 Å².